The largest absolute Gasteiger partial charge is 0.289 e. The van der Waals surface area contributed by atoms with Crippen molar-refractivity contribution in [3.05, 3.63) is 40.1 Å². The molecule has 0 amide bonds. The molecule has 0 atom stereocenters. The van der Waals surface area contributed by atoms with Gasteiger partial charge in [0.05, 0.1) is 15.8 Å². The van der Waals surface area contributed by atoms with Crippen molar-refractivity contribution in [2.24, 2.45) is 0 Å². The van der Waals surface area contributed by atoms with E-state index in [2.05, 4.69) is 0 Å². The van der Waals surface area contributed by atoms with Crippen LogP contribution in [0, 0.1) is 17.0 Å². The Kier molecular flexibility index (Phi) is 2.00. The summed E-state index contributed by atoms with van der Waals surface area (Å²) in [4.78, 5) is 21.0. The minimum atomic E-state index is -0.448. The lowest BCUT2D eigenvalue weighted by Crippen LogP contribution is -1.95. The number of hydrogen-bond acceptors (Lipinski definition) is 3. The molecular formula is C10H8N2O3. The minimum Gasteiger partial charge on any atom is -0.289 e. The second kappa shape index (κ2) is 3.20. The Morgan fingerprint density at radius 2 is 2.13 bits per heavy atom. The molecule has 2 rings (SSSR count). The Balaban J connectivity index is 2.90. The summed E-state index contributed by atoms with van der Waals surface area (Å²) in [6, 6.07) is 4.67. The zero-order valence-electron chi connectivity index (χ0n) is 8.01. The minimum absolute atomic E-state index is 0.0243. The summed E-state index contributed by atoms with van der Waals surface area (Å²) in [7, 11) is 0. The molecule has 0 N–H and O–H groups in total. The van der Waals surface area contributed by atoms with Crippen molar-refractivity contribution in [3.8, 4) is 0 Å². The number of aromatic nitrogens is 1. The molecule has 0 fully saturated rings. The number of rotatable bonds is 2. The van der Waals surface area contributed by atoms with Gasteiger partial charge in [0.1, 0.15) is 0 Å². The number of carbonyl (C=O) groups excluding carboxylic acids is 1. The van der Waals surface area contributed by atoms with E-state index in [0.29, 0.717) is 17.3 Å². The molecule has 0 saturated carbocycles. The van der Waals surface area contributed by atoms with Crippen LogP contribution in [-0.4, -0.2) is 15.9 Å². The quantitative estimate of drug-likeness (QED) is 0.426. The van der Waals surface area contributed by atoms with Crippen LogP contribution in [0.1, 0.15) is 5.56 Å². The predicted molar refractivity (Wildman–Crippen MR) is 55.5 cm³/mol. The second-order valence-corrected chi connectivity index (χ2v) is 3.25. The Hall–Kier alpha value is -2.17. The van der Waals surface area contributed by atoms with Crippen LogP contribution in [-0.2, 0) is 4.79 Å². The van der Waals surface area contributed by atoms with E-state index in [4.69, 9.17) is 0 Å². The average molecular weight is 204 g/mol. The first-order valence-corrected chi connectivity index (χ1v) is 4.35. The molecule has 1 aromatic carbocycles. The van der Waals surface area contributed by atoms with Crippen LogP contribution >= 0.6 is 0 Å². The van der Waals surface area contributed by atoms with Gasteiger partial charge in [-0.15, -0.1) is 0 Å². The van der Waals surface area contributed by atoms with E-state index in [-0.39, 0.29) is 5.69 Å². The second-order valence-electron chi connectivity index (χ2n) is 3.25. The average Bonchev–Trinajstić information content (AvgIpc) is 2.62. The van der Waals surface area contributed by atoms with E-state index >= 15 is 0 Å². The van der Waals surface area contributed by atoms with Gasteiger partial charge in [0.25, 0.3) is 5.69 Å². The first-order chi connectivity index (χ1) is 7.15. The third kappa shape index (κ3) is 1.28. The molecule has 5 heteroatoms. The van der Waals surface area contributed by atoms with Crippen LogP contribution in [0.25, 0.3) is 10.9 Å². The van der Waals surface area contributed by atoms with Crippen LogP contribution in [0.3, 0.4) is 0 Å². The van der Waals surface area contributed by atoms with E-state index in [9.17, 15) is 14.9 Å². The fourth-order valence-corrected chi connectivity index (χ4v) is 1.69. The molecule has 0 unspecified atom stereocenters. The van der Waals surface area contributed by atoms with E-state index < -0.39 is 4.92 Å². The molecule has 1 heterocycles. The molecule has 0 aliphatic rings. The number of benzene rings is 1. The molecular weight excluding hydrogens is 196 g/mol. The van der Waals surface area contributed by atoms with E-state index in [1.807, 2.05) is 6.92 Å². The monoisotopic (exact) mass is 204 g/mol. The lowest BCUT2D eigenvalue weighted by atomic mass is 10.1. The molecule has 1 aromatic heterocycles. The van der Waals surface area contributed by atoms with Crippen LogP contribution in [0.5, 0.6) is 0 Å². The molecule has 0 radical (unpaired) electrons. The number of nitrogens with zero attached hydrogens (tertiary/aromatic N) is 2. The van der Waals surface area contributed by atoms with Gasteiger partial charge >= 0.3 is 0 Å². The van der Waals surface area contributed by atoms with E-state index in [0.717, 1.165) is 5.56 Å². The van der Waals surface area contributed by atoms with Crippen molar-refractivity contribution >= 4 is 23.0 Å². The number of non-ortho nitro benzene ring substituents is 1. The fourth-order valence-electron chi connectivity index (χ4n) is 1.69. The fraction of sp³-hybridized carbons (Fsp3) is 0.100. The smallest absolute Gasteiger partial charge is 0.278 e. The summed E-state index contributed by atoms with van der Waals surface area (Å²) in [6.07, 6.45) is 2.16. The maximum atomic E-state index is 10.7. The number of nitro groups is 1. The zero-order valence-corrected chi connectivity index (χ0v) is 8.01. The maximum absolute atomic E-state index is 10.7. The first kappa shape index (κ1) is 9.39. The lowest BCUT2D eigenvalue weighted by Gasteiger charge is -2.00. The van der Waals surface area contributed by atoms with Gasteiger partial charge in [-0.2, -0.15) is 0 Å². The van der Waals surface area contributed by atoms with Gasteiger partial charge in [-0.05, 0) is 18.6 Å². The zero-order chi connectivity index (χ0) is 11.0. The molecule has 0 bridgehead atoms. The third-order valence-corrected chi connectivity index (χ3v) is 2.37. The van der Waals surface area contributed by atoms with Crippen LogP contribution in [0.4, 0.5) is 5.69 Å². The molecule has 0 aliphatic heterocycles. The van der Waals surface area contributed by atoms with Crippen LogP contribution in [0.15, 0.2) is 24.4 Å². The van der Waals surface area contributed by atoms with Crippen molar-refractivity contribution in [2.45, 2.75) is 6.92 Å². The molecule has 0 aliphatic carbocycles. The number of nitro benzene ring substituents is 1. The lowest BCUT2D eigenvalue weighted by molar-refractivity contribution is -0.383. The molecule has 76 valence electrons. The molecule has 5 nitrogen and oxygen atoms in total. The van der Waals surface area contributed by atoms with Crippen molar-refractivity contribution < 1.29 is 9.72 Å². The van der Waals surface area contributed by atoms with E-state index in [1.165, 1.54) is 16.8 Å². The summed E-state index contributed by atoms with van der Waals surface area (Å²) in [6.45, 7) is 1.81. The van der Waals surface area contributed by atoms with Gasteiger partial charge in [-0.3, -0.25) is 19.5 Å². The van der Waals surface area contributed by atoms with Gasteiger partial charge < -0.3 is 0 Å². The summed E-state index contributed by atoms with van der Waals surface area (Å²) < 4.78 is 1.34. The first-order valence-electron chi connectivity index (χ1n) is 4.35. The highest BCUT2D eigenvalue weighted by molar-refractivity contribution is 5.94. The normalized spacial score (nSPS) is 10.5. The highest BCUT2D eigenvalue weighted by Crippen LogP contribution is 2.28. The van der Waals surface area contributed by atoms with Crippen LogP contribution in [0.2, 0.25) is 0 Å². The van der Waals surface area contributed by atoms with E-state index in [1.54, 1.807) is 12.1 Å². The standard InChI is InChI=1S/C10H8N2O3/c1-7-2-3-9(12(14)15)8-4-5-11(6-13)10(7)8/h2-6H,1H3. The third-order valence-electron chi connectivity index (χ3n) is 2.37. The topological polar surface area (TPSA) is 65.1 Å². The summed E-state index contributed by atoms with van der Waals surface area (Å²) >= 11 is 0. The van der Waals surface area contributed by atoms with Gasteiger partial charge in [-0.1, -0.05) is 6.07 Å². The van der Waals surface area contributed by atoms with Gasteiger partial charge in [0.2, 0.25) is 6.41 Å². The Bertz CT molecular complexity index is 557. The molecule has 2 aromatic rings. The van der Waals surface area contributed by atoms with Gasteiger partial charge in [0, 0.05) is 12.3 Å². The molecule has 0 spiro atoms. The molecule has 15 heavy (non-hydrogen) atoms. The van der Waals surface area contributed by atoms with Gasteiger partial charge in [0.15, 0.2) is 0 Å². The molecule has 0 saturated heterocycles. The SMILES string of the molecule is Cc1ccc([N+](=O)[O-])c2ccn(C=O)c12. The van der Waals surface area contributed by atoms with Crippen LogP contribution < -0.4 is 0 Å². The Labute approximate surface area is 85.1 Å². The highest BCUT2D eigenvalue weighted by Gasteiger charge is 2.15. The number of aryl methyl sites for hydroxylation is 1. The van der Waals surface area contributed by atoms with Gasteiger partial charge in [-0.25, -0.2) is 0 Å². The number of hydrogen-bond donors (Lipinski definition) is 0. The summed E-state index contributed by atoms with van der Waals surface area (Å²) in [5, 5.41) is 11.2. The number of carbonyl (C=O) groups is 1. The predicted octanol–water partition coefficient (Wildman–Crippen LogP) is 1.90. The highest BCUT2D eigenvalue weighted by atomic mass is 16.6. The summed E-state index contributed by atoms with van der Waals surface area (Å²) in [5.41, 5.74) is 1.46. The number of fused-ring (bicyclic) bond motifs is 1. The van der Waals surface area contributed by atoms with Crippen molar-refractivity contribution in [2.75, 3.05) is 0 Å². The summed E-state index contributed by atoms with van der Waals surface area (Å²) in [5.74, 6) is 0. The van der Waals surface area contributed by atoms with Crippen molar-refractivity contribution in [1.29, 1.82) is 0 Å². The van der Waals surface area contributed by atoms with Crippen molar-refractivity contribution in [1.82, 2.24) is 4.57 Å². The van der Waals surface area contributed by atoms with Crippen molar-refractivity contribution in [3.63, 3.8) is 0 Å². The Morgan fingerprint density at radius 1 is 1.40 bits per heavy atom. The Morgan fingerprint density at radius 3 is 2.73 bits per heavy atom. The maximum Gasteiger partial charge on any atom is 0.278 e.